The standard InChI is InChI=1S/C13H18F2N2O/c1-2-11(8-10-6-4-3-5-7-10)17-13(18)16-9-12(14)15/h3-7,11-12H,2,8-9H2,1H3,(H2,16,17,18)/t11-/m1/s1. The number of urea groups is 1. The molecule has 0 fully saturated rings. The van der Waals surface area contributed by atoms with Crippen molar-refractivity contribution in [3.8, 4) is 0 Å². The van der Waals surface area contributed by atoms with E-state index in [1.54, 1.807) is 0 Å². The Morgan fingerprint density at radius 3 is 2.50 bits per heavy atom. The van der Waals surface area contributed by atoms with Crippen molar-refractivity contribution < 1.29 is 13.6 Å². The zero-order valence-electron chi connectivity index (χ0n) is 10.3. The molecule has 2 amide bonds. The number of benzene rings is 1. The monoisotopic (exact) mass is 256 g/mol. The summed E-state index contributed by atoms with van der Waals surface area (Å²) < 4.78 is 23.8. The van der Waals surface area contributed by atoms with Crippen LogP contribution >= 0.6 is 0 Å². The third-order valence-electron chi connectivity index (χ3n) is 2.57. The number of amides is 2. The molecule has 1 rings (SSSR count). The van der Waals surface area contributed by atoms with E-state index in [9.17, 15) is 13.6 Å². The van der Waals surface area contributed by atoms with Gasteiger partial charge >= 0.3 is 6.03 Å². The molecule has 18 heavy (non-hydrogen) atoms. The number of halogens is 2. The Morgan fingerprint density at radius 2 is 1.94 bits per heavy atom. The molecule has 1 atom stereocenters. The first kappa shape index (κ1) is 14.4. The molecule has 0 bridgehead atoms. The van der Waals surface area contributed by atoms with Crippen LogP contribution in [0, 0.1) is 0 Å². The molecule has 100 valence electrons. The molecule has 0 aliphatic heterocycles. The maximum Gasteiger partial charge on any atom is 0.315 e. The van der Waals surface area contributed by atoms with E-state index in [0.717, 1.165) is 12.0 Å². The Balaban J connectivity index is 2.40. The van der Waals surface area contributed by atoms with E-state index in [0.29, 0.717) is 6.42 Å². The SMILES string of the molecule is CC[C@H](Cc1ccccc1)NC(=O)NCC(F)F. The van der Waals surface area contributed by atoms with Gasteiger partial charge in [-0.1, -0.05) is 37.3 Å². The molecule has 0 heterocycles. The van der Waals surface area contributed by atoms with Gasteiger partial charge in [0.1, 0.15) is 0 Å². The molecule has 1 aromatic carbocycles. The zero-order valence-corrected chi connectivity index (χ0v) is 10.3. The first-order valence-electron chi connectivity index (χ1n) is 5.98. The second-order valence-electron chi connectivity index (χ2n) is 4.04. The fourth-order valence-corrected chi connectivity index (χ4v) is 1.60. The lowest BCUT2D eigenvalue weighted by atomic mass is 10.0. The smallest absolute Gasteiger partial charge is 0.315 e. The minimum absolute atomic E-state index is 0.0509. The summed E-state index contributed by atoms with van der Waals surface area (Å²) in [7, 11) is 0. The van der Waals surface area contributed by atoms with Crippen LogP contribution in [0.25, 0.3) is 0 Å². The minimum Gasteiger partial charge on any atom is -0.335 e. The van der Waals surface area contributed by atoms with Gasteiger partial charge in [-0.25, -0.2) is 13.6 Å². The molecule has 0 saturated carbocycles. The van der Waals surface area contributed by atoms with E-state index >= 15 is 0 Å². The van der Waals surface area contributed by atoms with Crippen LogP contribution in [-0.4, -0.2) is 25.0 Å². The van der Waals surface area contributed by atoms with Crippen LogP contribution in [-0.2, 0) is 6.42 Å². The molecule has 0 unspecified atom stereocenters. The molecule has 0 radical (unpaired) electrons. The first-order chi connectivity index (χ1) is 8.61. The molecule has 5 heteroatoms. The van der Waals surface area contributed by atoms with Gasteiger partial charge in [0.15, 0.2) is 0 Å². The van der Waals surface area contributed by atoms with Crippen molar-refractivity contribution in [3.05, 3.63) is 35.9 Å². The number of hydrogen-bond acceptors (Lipinski definition) is 1. The molecule has 0 saturated heterocycles. The van der Waals surface area contributed by atoms with Crippen molar-refractivity contribution in [1.29, 1.82) is 0 Å². The molecule has 2 N–H and O–H groups in total. The van der Waals surface area contributed by atoms with Crippen molar-refractivity contribution in [2.75, 3.05) is 6.54 Å². The molecular formula is C13H18F2N2O. The van der Waals surface area contributed by atoms with Gasteiger partial charge in [0, 0.05) is 6.04 Å². The summed E-state index contributed by atoms with van der Waals surface area (Å²) in [6.45, 7) is 1.33. The van der Waals surface area contributed by atoms with Crippen LogP contribution in [0.1, 0.15) is 18.9 Å². The Bertz CT molecular complexity index is 357. The fourth-order valence-electron chi connectivity index (χ4n) is 1.60. The quantitative estimate of drug-likeness (QED) is 0.807. The Hall–Kier alpha value is -1.65. The number of hydrogen-bond donors (Lipinski definition) is 2. The molecule has 0 aromatic heterocycles. The number of carbonyl (C=O) groups excluding carboxylic acids is 1. The maximum atomic E-state index is 11.9. The average molecular weight is 256 g/mol. The number of rotatable bonds is 6. The molecular weight excluding hydrogens is 238 g/mol. The summed E-state index contributed by atoms with van der Waals surface area (Å²) >= 11 is 0. The van der Waals surface area contributed by atoms with Gasteiger partial charge in [-0.3, -0.25) is 0 Å². The van der Waals surface area contributed by atoms with Crippen molar-refractivity contribution in [3.63, 3.8) is 0 Å². The van der Waals surface area contributed by atoms with E-state index in [1.807, 2.05) is 37.3 Å². The fraction of sp³-hybridized carbons (Fsp3) is 0.462. The number of carbonyl (C=O) groups is 1. The van der Waals surface area contributed by atoms with Gasteiger partial charge in [0.2, 0.25) is 0 Å². The van der Waals surface area contributed by atoms with Crippen LogP contribution < -0.4 is 10.6 Å². The van der Waals surface area contributed by atoms with Crippen LogP contribution in [0.2, 0.25) is 0 Å². The molecule has 1 aromatic rings. The maximum absolute atomic E-state index is 11.9. The molecule has 0 spiro atoms. The van der Waals surface area contributed by atoms with E-state index in [4.69, 9.17) is 0 Å². The highest BCUT2D eigenvalue weighted by Gasteiger charge is 2.12. The predicted octanol–water partition coefficient (Wildman–Crippen LogP) is 2.57. The third-order valence-corrected chi connectivity index (χ3v) is 2.57. The molecule has 3 nitrogen and oxygen atoms in total. The second-order valence-corrected chi connectivity index (χ2v) is 4.04. The number of alkyl halides is 2. The van der Waals surface area contributed by atoms with Crippen LogP contribution in [0.4, 0.5) is 13.6 Å². The van der Waals surface area contributed by atoms with Crippen molar-refractivity contribution in [2.24, 2.45) is 0 Å². The van der Waals surface area contributed by atoms with Crippen molar-refractivity contribution in [1.82, 2.24) is 10.6 Å². The second kappa shape index (κ2) is 7.63. The molecule has 0 aliphatic carbocycles. The summed E-state index contributed by atoms with van der Waals surface area (Å²) in [5.41, 5.74) is 1.11. The predicted molar refractivity (Wildman–Crippen MR) is 66.8 cm³/mol. The summed E-state index contributed by atoms with van der Waals surface area (Å²) in [5.74, 6) is 0. The van der Waals surface area contributed by atoms with E-state index in [1.165, 1.54) is 0 Å². The molecule has 0 aliphatic rings. The van der Waals surface area contributed by atoms with Crippen molar-refractivity contribution >= 4 is 6.03 Å². The van der Waals surface area contributed by atoms with Gasteiger partial charge in [-0.05, 0) is 18.4 Å². The Morgan fingerprint density at radius 1 is 1.28 bits per heavy atom. The normalized spacial score (nSPS) is 12.2. The lowest BCUT2D eigenvalue weighted by molar-refractivity contribution is 0.146. The minimum atomic E-state index is -2.52. The topological polar surface area (TPSA) is 41.1 Å². The number of nitrogens with one attached hydrogen (secondary N) is 2. The summed E-state index contributed by atoms with van der Waals surface area (Å²) in [4.78, 5) is 11.4. The summed E-state index contributed by atoms with van der Waals surface area (Å²) in [6.07, 6.45) is -1.08. The van der Waals surface area contributed by atoms with Crippen LogP contribution in [0.3, 0.4) is 0 Å². The highest BCUT2D eigenvalue weighted by atomic mass is 19.3. The zero-order chi connectivity index (χ0) is 13.4. The van der Waals surface area contributed by atoms with Gasteiger partial charge in [-0.15, -0.1) is 0 Å². The first-order valence-corrected chi connectivity index (χ1v) is 5.98. The van der Waals surface area contributed by atoms with Gasteiger partial charge < -0.3 is 10.6 Å². The Labute approximate surface area is 106 Å². The van der Waals surface area contributed by atoms with E-state index < -0.39 is 19.0 Å². The van der Waals surface area contributed by atoms with E-state index in [2.05, 4.69) is 10.6 Å². The highest BCUT2D eigenvalue weighted by Crippen LogP contribution is 2.05. The van der Waals surface area contributed by atoms with Gasteiger partial charge in [0.05, 0.1) is 6.54 Å². The Kier molecular flexibility index (Phi) is 6.11. The van der Waals surface area contributed by atoms with Crippen LogP contribution in [0.15, 0.2) is 30.3 Å². The summed E-state index contributed by atoms with van der Waals surface area (Å²) in [6, 6.07) is 9.14. The van der Waals surface area contributed by atoms with Gasteiger partial charge in [-0.2, -0.15) is 0 Å². The van der Waals surface area contributed by atoms with Gasteiger partial charge in [0.25, 0.3) is 6.43 Å². The average Bonchev–Trinajstić information content (AvgIpc) is 2.37. The van der Waals surface area contributed by atoms with E-state index in [-0.39, 0.29) is 6.04 Å². The largest absolute Gasteiger partial charge is 0.335 e. The highest BCUT2D eigenvalue weighted by molar-refractivity contribution is 5.74. The van der Waals surface area contributed by atoms with Crippen LogP contribution in [0.5, 0.6) is 0 Å². The lowest BCUT2D eigenvalue weighted by Gasteiger charge is -2.17. The van der Waals surface area contributed by atoms with Crippen molar-refractivity contribution in [2.45, 2.75) is 32.2 Å². The third kappa shape index (κ3) is 5.61. The summed E-state index contributed by atoms with van der Waals surface area (Å²) in [5, 5.41) is 4.82. The lowest BCUT2D eigenvalue weighted by Crippen LogP contribution is -2.44.